The highest BCUT2D eigenvalue weighted by molar-refractivity contribution is 6.12. The summed E-state index contributed by atoms with van der Waals surface area (Å²) in [5, 5.41) is 8.20. The Bertz CT molecular complexity index is 1090. The number of benzene rings is 1. The van der Waals surface area contributed by atoms with Crippen LogP contribution in [0.5, 0.6) is 6.01 Å². The summed E-state index contributed by atoms with van der Waals surface area (Å²) < 4.78 is 11.2. The number of fused-ring (bicyclic) bond motifs is 1. The third kappa shape index (κ3) is 4.44. The second-order valence-corrected chi connectivity index (χ2v) is 7.41. The Hall–Kier alpha value is -3.24. The molecule has 1 aromatic carbocycles. The van der Waals surface area contributed by atoms with Crippen molar-refractivity contribution in [3.8, 4) is 6.01 Å². The zero-order valence-corrected chi connectivity index (χ0v) is 18.1. The van der Waals surface area contributed by atoms with Gasteiger partial charge >= 0.3 is 6.01 Å². The lowest BCUT2D eigenvalue weighted by Gasteiger charge is -2.27. The van der Waals surface area contributed by atoms with Crippen LogP contribution < -0.4 is 20.8 Å². The predicted molar refractivity (Wildman–Crippen MR) is 120 cm³/mol. The number of aromatic amines is 1. The Morgan fingerprint density at radius 2 is 2.06 bits per heavy atom. The fraction of sp³-hybridized carbons (Fsp3) is 0.429. The summed E-state index contributed by atoms with van der Waals surface area (Å²) in [6.07, 6.45) is 0. The van der Waals surface area contributed by atoms with Crippen LogP contribution in [0.25, 0.3) is 10.9 Å². The molecule has 3 heterocycles. The molecule has 0 atom stereocenters. The number of aryl methyl sites for hydroxylation is 2. The minimum Gasteiger partial charge on any atom is -0.462 e. The molecule has 164 valence electrons. The van der Waals surface area contributed by atoms with Gasteiger partial charge in [0.15, 0.2) is 5.82 Å². The third-order valence-electron chi connectivity index (χ3n) is 5.40. The summed E-state index contributed by atoms with van der Waals surface area (Å²) >= 11 is 0. The van der Waals surface area contributed by atoms with E-state index in [0.717, 1.165) is 22.2 Å². The van der Waals surface area contributed by atoms with Gasteiger partial charge in [-0.05, 0) is 38.6 Å². The van der Waals surface area contributed by atoms with Crippen molar-refractivity contribution in [3.63, 3.8) is 0 Å². The first-order chi connectivity index (χ1) is 15.1. The summed E-state index contributed by atoms with van der Waals surface area (Å²) in [6.45, 7) is 7.90. The number of hydrogen-bond acceptors (Lipinski definition) is 9. The van der Waals surface area contributed by atoms with E-state index in [2.05, 4.69) is 55.2 Å². The Morgan fingerprint density at radius 3 is 2.81 bits per heavy atom. The Labute approximate surface area is 180 Å². The summed E-state index contributed by atoms with van der Waals surface area (Å²) in [6, 6.07) is 6.28. The third-order valence-corrected chi connectivity index (χ3v) is 5.40. The summed E-state index contributed by atoms with van der Waals surface area (Å²) in [5.74, 6) is 6.73. The van der Waals surface area contributed by atoms with Crippen LogP contribution in [0.15, 0.2) is 23.3 Å². The van der Waals surface area contributed by atoms with Gasteiger partial charge in [-0.15, -0.1) is 0 Å². The van der Waals surface area contributed by atoms with E-state index in [9.17, 15) is 0 Å². The molecule has 4 rings (SSSR count). The molecule has 0 unspecified atom stereocenters. The average Bonchev–Trinajstić information content (AvgIpc) is 3.08. The number of hydrazone groups is 1. The van der Waals surface area contributed by atoms with Crippen LogP contribution in [0, 0.1) is 13.8 Å². The maximum absolute atomic E-state index is 5.82. The molecular weight excluding hydrogens is 396 g/mol. The molecule has 10 heteroatoms. The second kappa shape index (κ2) is 9.27. The number of hydrogen-bond donors (Lipinski definition) is 3. The normalized spacial score (nSPS) is 14.9. The molecule has 4 N–H and O–H groups in total. The topological polar surface area (TPSA) is 127 Å². The van der Waals surface area contributed by atoms with Crippen LogP contribution in [-0.4, -0.2) is 72.2 Å². The monoisotopic (exact) mass is 424 g/mol. The van der Waals surface area contributed by atoms with Crippen LogP contribution in [0.1, 0.15) is 22.6 Å². The number of nitrogens with zero attached hydrogens (tertiary/aromatic N) is 5. The lowest BCUT2D eigenvalue weighted by molar-refractivity contribution is 0.122. The van der Waals surface area contributed by atoms with Crippen molar-refractivity contribution in [2.75, 3.05) is 51.4 Å². The van der Waals surface area contributed by atoms with Gasteiger partial charge in [0.05, 0.1) is 13.2 Å². The molecule has 3 aromatic rings. The number of ether oxygens (including phenoxy) is 2. The average molecular weight is 425 g/mol. The van der Waals surface area contributed by atoms with Gasteiger partial charge in [0, 0.05) is 41.8 Å². The number of aromatic nitrogens is 4. The van der Waals surface area contributed by atoms with Gasteiger partial charge in [0.2, 0.25) is 5.95 Å². The Balaban J connectivity index is 1.74. The number of anilines is 1. The molecule has 0 radical (unpaired) electrons. The van der Waals surface area contributed by atoms with E-state index in [0.29, 0.717) is 56.9 Å². The molecule has 10 nitrogen and oxygen atoms in total. The van der Waals surface area contributed by atoms with E-state index < -0.39 is 0 Å². The number of nitrogens with one attached hydrogen (secondary N) is 2. The molecule has 0 bridgehead atoms. The van der Waals surface area contributed by atoms with Crippen molar-refractivity contribution in [1.29, 1.82) is 0 Å². The van der Waals surface area contributed by atoms with E-state index in [1.54, 1.807) is 0 Å². The molecule has 0 saturated carbocycles. The maximum Gasteiger partial charge on any atom is 0.321 e. The Morgan fingerprint density at radius 1 is 1.26 bits per heavy atom. The number of morpholine rings is 1. The zero-order valence-electron chi connectivity index (χ0n) is 18.1. The van der Waals surface area contributed by atoms with E-state index >= 15 is 0 Å². The molecule has 1 fully saturated rings. The minimum atomic E-state index is 0.248. The molecule has 2 aromatic heterocycles. The predicted octanol–water partition coefficient (Wildman–Crippen LogP) is 1.12. The van der Waals surface area contributed by atoms with Crippen LogP contribution in [0.2, 0.25) is 0 Å². The minimum absolute atomic E-state index is 0.248. The van der Waals surface area contributed by atoms with Crippen molar-refractivity contribution in [1.82, 2.24) is 25.3 Å². The number of rotatable bonds is 7. The smallest absolute Gasteiger partial charge is 0.321 e. The van der Waals surface area contributed by atoms with E-state index in [1.165, 1.54) is 5.56 Å². The first-order valence-electron chi connectivity index (χ1n) is 10.3. The van der Waals surface area contributed by atoms with Gasteiger partial charge < -0.3 is 30.5 Å². The fourth-order valence-corrected chi connectivity index (χ4v) is 3.54. The standard InChI is InChI=1S/C21H28N8O2/c1-13-14(2)24-17-5-4-15(12-16(13)17)18(28-22)19-25-20(29-7-10-30-11-8-29)27-21(26-19)31-9-6-23-3/h4-5,12,23-24H,6-11,22H2,1-3H3/b28-18-. The first-order valence-corrected chi connectivity index (χ1v) is 10.3. The number of nitrogens with two attached hydrogens (primary N) is 1. The highest BCUT2D eigenvalue weighted by Crippen LogP contribution is 2.24. The molecule has 0 amide bonds. The molecule has 0 spiro atoms. The second-order valence-electron chi connectivity index (χ2n) is 7.41. The molecule has 31 heavy (non-hydrogen) atoms. The molecular formula is C21H28N8O2. The van der Waals surface area contributed by atoms with E-state index in [4.69, 9.17) is 15.3 Å². The van der Waals surface area contributed by atoms with Gasteiger partial charge in [0.25, 0.3) is 0 Å². The quantitative estimate of drug-likeness (QED) is 0.223. The van der Waals surface area contributed by atoms with Crippen molar-refractivity contribution >= 4 is 22.6 Å². The van der Waals surface area contributed by atoms with E-state index in [1.807, 2.05) is 19.2 Å². The Kier molecular flexibility index (Phi) is 6.28. The fourth-order valence-electron chi connectivity index (χ4n) is 3.54. The maximum atomic E-state index is 5.82. The SMILES string of the molecule is CNCCOc1nc(/C(=N\N)c2ccc3[nH]c(C)c(C)c3c2)nc(N2CCOCC2)n1. The summed E-state index contributed by atoms with van der Waals surface area (Å²) in [7, 11) is 1.86. The lowest BCUT2D eigenvalue weighted by Crippen LogP contribution is -2.38. The van der Waals surface area contributed by atoms with Crippen molar-refractivity contribution in [3.05, 3.63) is 40.8 Å². The van der Waals surface area contributed by atoms with Gasteiger partial charge in [-0.1, -0.05) is 6.07 Å². The molecule has 1 aliphatic heterocycles. The van der Waals surface area contributed by atoms with Gasteiger partial charge in [-0.25, -0.2) is 0 Å². The van der Waals surface area contributed by atoms with Crippen LogP contribution in [0.4, 0.5) is 5.95 Å². The van der Waals surface area contributed by atoms with Crippen LogP contribution in [-0.2, 0) is 4.74 Å². The number of H-pyrrole nitrogens is 1. The van der Waals surface area contributed by atoms with Gasteiger partial charge in [-0.2, -0.15) is 20.1 Å². The first kappa shape index (κ1) is 21.0. The van der Waals surface area contributed by atoms with Gasteiger partial charge in [-0.3, -0.25) is 0 Å². The summed E-state index contributed by atoms with van der Waals surface area (Å²) in [4.78, 5) is 19.1. The highest BCUT2D eigenvalue weighted by atomic mass is 16.5. The van der Waals surface area contributed by atoms with Crippen molar-refractivity contribution in [2.45, 2.75) is 13.8 Å². The largest absolute Gasteiger partial charge is 0.462 e. The van der Waals surface area contributed by atoms with Crippen LogP contribution in [0.3, 0.4) is 0 Å². The summed E-state index contributed by atoms with van der Waals surface area (Å²) in [5.41, 5.74) is 4.70. The van der Waals surface area contributed by atoms with Crippen LogP contribution >= 0.6 is 0 Å². The molecule has 1 aliphatic rings. The van der Waals surface area contributed by atoms with Crippen molar-refractivity contribution in [2.24, 2.45) is 10.9 Å². The molecule has 1 saturated heterocycles. The highest BCUT2D eigenvalue weighted by Gasteiger charge is 2.21. The van der Waals surface area contributed by atoms with Crippen molar-refractivity contribution < 1.29 is 9.47 Å². The molecule has 0 aliphatic carbocycles. The zero-order chi connectivity index (χ0) is 21.8. The van der Waals surface area contributed by atoms with E-state index in [-0.39, 0.29) is 6.01 Å². The lowest BCUT2D eigenvalue weighted by atomic mass is 10.0. The number of likely N-dealkylation sites (N-methyl/N-ethyl adjacent to an activating group) is 1. The van der Waals surface area contributed by atoms with Gasteiger partial charge in [0.1, 0.15) is 12.3 Å².